The van der Waals surface area contributed by atoms with Gasteiger partial charge in [0.1, 0.15) is 5.76 Å². The first-order valence-corrected chi connectivity index (χ1v) is 6.15. The first-order valence-electron chi connectivity index (χ1n) is 6.15. The third-order valence-corrected chi connectivity index (χ3v) is 2.73. The van der Waals surface area contributed by atoms with Crippen molar-refractivity contribution in [2.24, 2.45) is 0 Å². The first-order chi connectivity index (χ1) is 9.84. The topological polar surface area (TPSA) is 52.3 Å². The van der Waals surface area contributed by atoms with Crippen molar-refractivity contribution in [3.8, 4) is 11.5 Å². The van der Waals surface area contributed by atoms with Gasteiger partial charge in [0.25, 0.3) is 0 Å². The lowest BCUT2D eigenvalue weighted by molar-refractivity contribution is -0.137. The van der Waals surface area contributed by atoms with Crippen molar-refractivity contribution in [3.05, 3.63) is 41.3 Å². The van der Waals surface area contributed by atoms with Gasteiger partial charge in [-0.05, 0) is 26.0 Å². The molecule has 1 heterocycles. The van der Waals surface area contributed by atoms with Gasteiger partial charge in [-0.1, -0.05) is 12.1 Å². The zero-order valence-corrected chi connectivity index (χ0v) is 11.3. The number of carbonyl (C=O) groups is 1. The molecule has 0 radical (unpaired) electrons. The molecule has 0 spiro atoms. The number of hydrogen-bond donors (Lipinski definition) is 0. The molecule has 0 aliphatic rings. The summed E-state index contributed by atoms with van der Waals surface area (Å²) in [6, 6.07) is 4.88. The van der Waals surface area contributed by atoms with Crippen molar-refractivity contribution in [1.82, 2.24) is 4.98 Å². The number of esters is 1. The fraction of sp³-hybridized carbons (Fsp3) is 0.286. The van der Waals surface area contributed by atoms with E-state index in [1.807, 2.05) is 0 Å². The molecule has 1 aromatic carbocycles. The van der Waals surface area contributed by atoms with Crippen molar-refractivity contribution in [3.63, 3.8) is 0 Å². The van der Waals surface area contributed by atoms with Crippen LogP contribution in [0.15, 0.2) is 28.7 Å². The predicted octanol–water partition coefficient (Wildman–Crippen LogP) is 3.85. The van der Waals surface area contributed by atoms with Crippen molar-refractivity contribution in [2.45, 2.75) is 20.0 Å². The summed E-state index contributed by atoms with van der Waals surface area (Å²) in [5, 5.41) is 0. The molecule has 0 aliphatic heterocycles. The number of benzene rings is 1. The van der Waals surface area contributed by atoms with Crippen LogP contribution in [-0.2, 0) is 10.9 Å². The Balaban J connectivity index is 2.50. The molecule has 0 N–H and O–H groups in total. The molecule has 2 aromatic rings. The van der Waals surface area contributed by atoms with Gasteiger partial charge in [-0.2, -0.15) is 13.2 Å². The summed E-state index contributed by atoms with van der Waals surface area (Å²) in [6.07, 6.45) is -4.54. The zero-order valence-electron chi connectivity index (χ0n) is 11.3. The van der Waals surface area contributed by atoms with Crippen LogP contribution in [0, 0.1) is 6.92 Å². The van der Waals surface area contributed by atoms with E-state index in [-0.39, 0.29) is 29.5 Å². The van der Waals surface area contributed by atoms with Gasteiger partial charge in [0, 0.05) is 5.56 Å². The van der Waals surface area contributed by atoms with Gasteiger partial charge in [0.05, 0.1) is 12.2 Å². The van der Waals surface area contributed by atoms with Crippen LogP contribution in [-0.4, -0.2) is 17.6 Å². The SMILES string of the molecule is CCOC(=O)c1nc(-c2ccccc2C(F)(F)F)oc1C. The van der Waals surface area contributed by atoms with Crippen LogP contribution in [0.25, 0.3) is 11.5 Å². The molecule has 0 saturated heterocycles. The maximum atomic E-state index is 13.0. The highest BCUT2D eigenvalue weighted by Crippen LogP contribution is 2.37. The molecule has 2 rings (SSSR count). The van der Waals surface area contributed by atoms with Crippen LogP contribution in [0.5, 0.6) is 0 Å². The molecule has 0 amide bonds. The van der Waals surface area contributed by atoms with Gasteiger partial charge in [0.2, 0.25) is 5.89 Å². The lowest BCUT2D eigenvalue weighted by Gasteiger charge is -2.09. The number of hydrogen-bond acceptors (Lipinski definition) is 4. The minimum Gasteiger partial charge on any atom is -0.461 e. The number of oxazole rings is 1. The molecule has 0 aliphatic carbocycles. The van der Waals surface area contributed by atoms with E-state index in [0.717, 1.165) is 6.07 Å². The third kappa shape index (κ3) is 3.07. The Morgan fingerprint density at radius 2 is 2.00 bits per heavy atom. The molecule has 0 bridgehead atoms. The molecule has 0 fully saturated rings. The quantitative estimate of drug-likeness (QED) is 0.808. The highest BCUT2D eigenvalue weighted by atomic mass is 19.4. The summed E-state index contributed by atoms with van der Waals surface area (Å²) < 4.78 is 48.8. The largest absolute Gasteiger partial charge is 0.461 e. The fourth-order valence-corrected chi connectivity index (χ4v) is 1.82. The monoisotopic (exact) mass is 299 g/mol. The van der Waals surface area contributed by atoms with Gasteiger partial charge in [-0.25, -0.2) is 9.78 Å². The Bertz CT molecular complexity index is 662. The normalized spacial score (nSPS) is 11.5. The molecule has 0 saturated carbocycles. The predicted molar refractivity (Wildman–Crippen MR) is 67.6 cm³/mol. The summed E-state index contributed by atoms with van der Waals surface area (Å²) in [5.41, 5.74) is -1.21. The lowest BCUT2D eigenvalue weighted by atomic mass is 10.1. The van der Waals surface area contributed by atoms with Crippen molar-refractivity contribution in [2.75, 3.05) is 6.61 Å². The highest BCUT2D eigenvalue weighted by molar-refractivity contribution is 5.89. The molecular formula is C14H12F3NO3. The average molecular weight is 299 g/mol. The fourth-order valence-electron chi connectivity index (χ4n) is 1.82. The summed E-state index contributed by atoms with van der Waals surface area (Å²) in [4.78, 5) is 15.5. The Hall–Kier alpha value is -2.31. The van der Waals surface area contributed by atoms with Crippen LogP contribution in [0.2, 0.25) is 0 Å². The van der Waals surface area contributed by atoms with Gasteiger partial charge >= 0.3 is 12.1 Å². The number of aromatic nitrogens is 1. The molecule has 21 heavy (non-hydrogen) atoms. The van der Waals surface area contributed by atoms with Gasteiger partial charge in [-0.15, -0.1) is 0 Å². The number of nitrogens with zero attached hydrogens (tertiary/aromatic N) is 1. The van der Waals surface area contributed by atoms with Gasteiger partial charge in [-0.3, -0.25) is 0 Å². The molecule has 112 valence electrons. The molecule has 0 unspecified atom stereocenters. The van der Waals surface area contributed by atoms with E-state index < -0.39 is 17.7 Å². The maximum Gasteiger partial charge on any atom is 0.417 e. The number of halogens is 3. The van der Waals surface area contributed by atoms with Crippen LogP contribution >= 0.6 is 0 Å². The van der Waals surface area contributed by atoms with Crippen molar-refractivity contribution in [1.29, 1.82) is 0 Å². The zero-order chi connectivity index (χ0) is 15.6. The summed E-state index contributed by atoms with van der Waals surface area (Å²) in [7, 11) is 0. The van der Waals surface area contributed by atoms with Crippen LogP contribution in [0.3, 0.4) is 0 Å². The standard InChI is InChI=1S/C14H12F3NO3/c1-3-20-13(19)11-8(2)21-12(18-11)9-6-4-5-7-10(9)14(15,16)17/h4-7H,3H2,1-2H3. The molecule has 1 aromatic heterocycles. The number of ether oxygens (including phenoxy) is 1. The van der Waals surface area contributed by atoms with E-state index in [4.69, 9.17) is 9.15 Å². The van der Waals surface area contributed by atoms with Crippen molar-refractivity contribution >= 4 is 5.97 Å². The molecule has 4 nitrogen and oxygen atoms in total. The Morgan fingerprint density at radius 1 is 1.33 bits per heavy atom. The number of rotatable bonds is 3. The van der Waals surface area contributed by atoms with E-state index in [1.165, 1.54) is 25.1 Å². The van der Waals surface area contributed by atoms with Crippen LogP contribution in [0.4, 0.5) is 13.2 Å². The second-order valence-corrected chi connectivity index (χ2v) is 4.19. The Kier molecular flexibility index (Phi) is 4.02. The number of alkyl halides is 3. The van der Waals surface area contributed by atoms with E-state index in [0.29, 0.717) is 0 Å². The van der Waals surface area contributed by atoms with Gasteiger partial charge in [0.15, 0.2) is 5.69 Å². The van der Waals surface area contributed by atoms with Crippen LogP contribution < -0.4 is 0 Å². The average Bonchev–Trinajstić information content (AvgIpc) is 2.80. The minimum atomic E-state index is -4.54. The van der Waals surface area contributed by atoms with E-state index in [9.17, 15) is 18.0 Å². The Morgan fingerprint density at radius 3 is 2.62 bits per heavy atom. The number of carbonyl (C=O) groups excluding carboxylic acids is 1. The Labute approximate surface area is 118 Å². The second kappa shape index (κ2) is 5.59. The molecular weight excluding hydrogens is 287 g/mol. The van der Waals surface area contributed by atoms with E-state index in [2.05, 4.69) is 4.98 Å². The summed E-state index contributed by atoms with van der Waals surface area (Å²) in [5.74, 6) is -0.876. The van der Waals surface area contributed by atoms with Gasteiger partial charge < -0.3 is 9.15 Å². The van der Waals surface area contributed by atoms with Crippen LogP contribution in [0.1, 0.15) is 28.7 Å². The minimum absolute atomic E-state index is 0.112. The first kappa shape index (κ1) is 15.1. The van der Waals surface area contributed by atoms with Crippen molar-refractivity contribution < 1.29 is 27.1 Å². The summed E-state index contributed by atoms with van der Waals surface area (Å²) >= 11 is 0. The van der Waals surface area contributed by atoms with E-state index >= 15 is 0 Å². The maximum absolute atomic E-state index is 13.0. The van der Waals surface area contributed by atoms with E-state index in [1.54, 1.807) is 6.92 Å². The summed E-state index contributed by atoms with van der Waals surface area (Å²) in [6.45, 7) is 3.20. The second-order valence-electron chi connectivity index (χ2n) is 4.19. The lowest BCUT2D eigenvalue weighted by Crippen LogP contribution is -2.08. The smallest absolute Gasteiger partial charge is 0.417 e. The molecule has 7 heteroatoms. The number of aryl methyl sites for hydroxylation is 1. The third-order valence-electron chi connectivity index (χ3n) is 2.73. The highest BCUT2D eigenvalue weighted by Gasteiger charge is 2.35. The molecule has 0 atom stereocenters.